The van der Waals surface area contributed by atoms with Crippen LogP contribution in [0.2, 0.25) is 5.02 Å². The molecule has 1 fully saturated rings. The summed E-state index contributed by atoms with van der Waals surface area (Å²) >= 11 is 6.59. The van der Waals surface area contributed by atoms with Gasteiger partial charge in [0.1, 0.15) is 17.8 Å². The van der Waals surface area contributed by atoms with E-state index in [1.165, 1.54) is 57.0 Å². The maximum atomic E-state index is 15.3. The van der Waals surface area contributed by atoms with Crippen LogP contribution in [0.4, 0.5) is 5.69 Å². The molecule has 2 N–H and O–H groups in total. The molecule has 230 valence electrons. The van der Waals surface area contributed by atoms with Gasteiger partial charge in [-0.1, -0.05) is 17.7 Å². The first-order chi connectivity index (χ1) is 21.2. The third-order valence-electron chi connectivity index (χ3n) is 8.14. The number of β-amino-alcohol motifs (C(OH)–C–C–N with tert-alkyl or cyclic N) is 1. The summed E-state index contributed by atoms with van der Waals surface area (Å²) in [6.45, 7) is 0.462. The summed E-state index contributed by atoms with van der Waals surface area (Å²) < 4.78 is 46.4. The van der Waals surface area contributed by atoms with E-state index in [1.54, 1.807) is 30.1 Å². The van der Waals surface area contributed by atoms with Crippen molar-refractivity contribution in [2.75, 3.05) is 32.1 Å². The van der Waals surface area contributed by atoms with Crippen molar-refractivity contribution in [3.63, 3.8) is 0 Å². The lowest BCUT2D eigenvalue weighted by atomic mass is 9.80. The molecule has 1 amide bonds. The Balaban J connectivity index is 1.68. The summed E-state index contributed by atoms with van der Waals surface area (Å²) in [5, 5.41) is 14.5. The highest BCUT2D eigenvalue weighted by Crippen LogP contribution is 2.56. The van der Waals surface area contributed by atoms with Crippen LogP contribution in [-0.4, -0.2) is 63.2 Å². The van der Waals surface area contributed by atoms with Crippen LogP contribution in [0, 0.1) is 0 Å². The maximum absolute atomic E-state index is 15.3. The Bertz CT molecular complexity index is 1800. The third-order valence-corrected chi connectivity index (χ3v) is 10.1. The topological polar surface area (TPSA) is 134 Å². The predicted octanol–water partition coefficient (Wildman–Crippen LogP) is 3.85. The second-order valence-electron chi connectivity index (χ2n) is 10.6. The number of rotatable bonds is 9. The highest BCUT2D eigenvalue weighted by molar-refractivity contribution is 7.93. The van der Waals surface area contributed by atoms with Crippen molar-refractivity contribution >= 4 is 33.2 Å². The number of halogens is 1. The molecule has 0 aliphatic carbocycles. The van der Waals surface area contributed by atoms with Crippen LogP contribution in [0.5, 0.6) is 11.5 Å². The van der Waals surface area contributed by atoms with E-state index < -0.39 is 33.6 Å². The molecule has 11 nitrogen and oxygen atoms in total. The number of hydrogen-bond donors (Lipinski definition) is 2. The zero-order valence-electron chi connectivity index (χ0n) is 24.2. The van der Waals surface area contributed by atoms with Gasteiger partial charge in [-0.2, -0.15) is 0 Å². The number of amides is 1. The summed E-state index contributed by atoms with van der Waals surface area (Å²) in [4.78, 5) is 21.3. The van der Waals surface area contributed by atoms with Gasteiger partial charge in [0.25, 0.3) is 15.9 Å². The number of benzene rings is 3. The van der Waals surface area contributed by atoms with Crippen LogP contribution in [0.15, 0.2) is 82.4 Å². The van der Waals surface area contributed by atoms with E-state index >= 15 is 4.79 Å². The van der Waals surface area contributed by atoms with Gasteiger partial charge in [-0.05, 0) is 73.6 Å². The molecular formula is C31H31ClN4O7S. The van der Waals surface area contributed by atoms with Gasteiger partial charge >= 0.3 is 0 Å². The molecule has 1 aromatic heterocycles. The predicted molar refractivity (Wildman–Crippen MR) is 162 cm³/mol. The van der Waals surface area contributed by atoms with E-state index in [-0.39, 0.29) is 29.4 Å². The SMILES string of the molecule is CNCc1ccc(OC)c(C2(N3C[C@H](O)C[C@H]3c3ncco3)C(=O)N(S(=O)(=O)c3ccc(OC)cc3)c3ccc(Cl)cc32)c1. The summed E-state index contributed by atoms with van der Waals surface area (Å²) in [7, 11) is 0.294. The molecule has 13 heteroatoms. The van der Waals surface area contributed by atoms with Crippen molar-refractivity contribution in [1.29, 1.82) is 0 Å². The van der Waals surface area contributed by atoms with Crippen LogP contribution in [-0.2, 0) is 26.9 Å². The average molecular weight is 639 g/mol. The molecule has 1 unspecified atom stereocenters. The standard InChI is InChI=1S/C31H31ClN4O7S/c1-33-17-19-4-11-28(42-3)25(14-19)31(35-18-21(37)16-27(35)29-34-12-13-43-29)24-15-20(32)5-10-26(24)36(30(31)38)44(39,40)23-8-6-22(41-2)7-9-23/h4-15,21,27,33,37H,16-18H2,1-3H3/t21-,27+,31?/m1/s1. The van der Waals surface area contributed by atoms with Crippen LogP contribution in [0.1, 0.15) is 35.0 Å². The van der Waals surface area contributed by atoms with Crippen molar-refractivity contribution in [3.05, 3.63) is 101 Å². The molecule has 0 bridgehead atoms. The third kappa shape index (κ3) is 4.65. The second-order valence-corrected chi connectivity index (χ2v) is 12.8. The van der Waals surface area contributed by atoms with Gasteiger partial charge in [0, 0.05) is 29.2 Å². The summed E-state index contributed by atoms with van der Waals surface area (Å²) in [5.41, 5.74) is -0.172. The highest BCUT2D eigenvalue weighted by Gasteiger charge is 2.63. The minimum atomic E-state index is -4.47. The van der Waals surface area contributed by atoms with Crippen molar-refractivity contribution < 1.29 is 32.2 Å². The van der Waals surface area contributed by atoms with E-state index in [0.717, 1.165) is 9.87 Å². The monoisotopic (exact) mass is 638 g/mol. The fraction of sp³-hybridized carbons (Fsp3) is 0.290. The van der Waals surface area contributed by atoms with Gasteiger partial charge in [0.2, 0.25) is 5.89 Å². The number of methoxy groups -OCH3 is 2. The van der Waals surface area contributed by atoms with Crippen LogP contribution in [0.3, 0.4) is 0 Å². The minimum Gasteiger partial charge on any atom is -0.497 e. The number of aliphatic hydroxyl groups excluding tert-OH is 1. The number of likely N-dealkylation sites (tertiary alicyclic amines) is 1. The normalized spacial score (nSPS) is 21.9. The molecule has 4 aromatic rings. The number of nitrogens with one attached hydrogen (secondary N) is 1. The lowest BCUT2D eigenvalue weighted by Crippen LogP contribution is -2.55. The molecule has 0 spiro atoms. The van der Waals surface area contributed by atoms with Crippen molar-refractivity contribution in [3.8, 4) is 11.5 Å². The van der Waals surface area contributed by atoms with Gasteiger partial charge in [-0.3, -0.25) is 9.69 Å². The fourth-order valence-electron chi connectivity index (χ4n) is 6.30. The number of fused-ring (bicyclic) bond motifs is 1. The van der Waals surface area contributed by atoms with Gasteiger partial charge in [-0.15, -0.1) is 0 Å². The largest absolute Gasteiger partial charge is 0.497 e. The quantitative estimate of drug-likeness (QED) is 0.278. The minimum absolute atomic E-state index is 0.000569. The first kappa shape index (κ1) is 30.1. The van der Waals surface area contributed by atoms with E-state index in [1.807, 2.05) is 12.1 Å². The molecule has 44 heavy (non-hydrogen) atoms. The van der Waals surface area contributed by atoms with Crippen LogP contribution >= 0.6 is 11.6 Å². The van der Waals surface area contributed by atoms with E-state index in [0.29, 0.717) is 34.2 Å². The van der Waals surface area contributed by atoms with E-state index in [9.17, 15) is 13.5 Å². The number of carbonyl (C=O) groups excluding carboxylic acids is 1. The number of aliphatic hydroxyl groups is 1. The lowest BCUT2D eigenvalue weighted by Gasteiger charge is -2.41. The Kier molecular flexibility index (Phi) is 7.89. The van der Waals surface area contributed by atoms with E-state index in [2.05, 4.69) is 10.3 Å². The smallest absolute Gasteiger partial charge is 0.271 e. The first-order valence-corrected chi connectivity index (χ1v) is 15.7. The number of aromatic nitrogens is 1. The van der Waals surface area contributed by atoms with Crippen molar-refractivity contribution in [2.24, 2.45) is 0 Å². The fourth-order valence-corrected chi connectivity index (χ4v) is 7.93. The number of anilines is 1. The second kappa shape index (κ2) is 11.5. The Morgan fingerprint density at radius 1 is 1.09 bits per heavy atom. The zero-order chi connectivity index (χ0) is 31.2. The maximum Gasteiger partial charge on any atom is 0.271 e. The van der Waals surface area contributed by atoms with E-state index in [4.69, 9.17) is 25.5 Å². The molecule has 1 saturated heterocycles. The molecule has 0 saturated carbocycles. The number of hydrogen-bond acceptors (Lipinski definition) is 10. The number of carbonyl (C=O) groups is 1. The van der Waals surface area contributed by atoms with Gasteiger partial charge < -0.3 is 24.3 Å². The molecule has 0 radical (unpaired) electrons. The molecule has 3 atom stereocenters. The highest BCUT2D eigenvalue weighted by atomic mass is 35.5. The summed E-state index contributed by atoms with van der Waals surface area (Å²) in [6.07, 6.45) is 2.22. The molecule has 3 heterocycles. The molecular weight excluding hydrogens is 608 g/mol. The lowest BCUT2D eigenvalue weighted by molar-refractivity contribution is -0.127. The van der Waals surface area contributed by atoms with Gasteiger partial charge in [-0.25, -0.2) is 17.7 Å². The van der Waals surface area contributed by atoms with Crippen LogP contribution in [0.25, 0.3) is 0 Å². The number of nitrogens with zero attached hydrogens (tertiary/aromatic N) is 3. The van der Waals surface area contributed by atoms with Crippen molar-refractivity contribution in [1.82, 2.24) is 15.2 Å². The number of sulfonamides is 1. The summed E-state index contributed by atoms with van der Waals surface area (Å²) in [5.74, 6) is 0.305. The molecule has 2 aliphatic rings. The van der Waals surface area contributed by atoms with Crippen LogP contribution < -0.4 is 19.1 Å². The zero-order valence-corrected chi connectivity index (χ0v) is 25.8. The number of ether oxygens (including phenoxy) is 2. The molecule has 2 aliphatic heterocycles. The molecule has 3 aromatic carbocycles. The average Bonchev–Trinajstić information content (AvgIpc) is 3.74. The molecule has 6 rings (SSSR count). The Morgan fingerprint density at radius 3 is 2.52 bits per heavy atom. The Hall–Kier alpha value is -3.94. The summed E-state index contributed by atoms with van der Waals surface area (Å²) in [6, 6.07) is 15.2. The number of oxazole rings is 1. The Morgan fingerprint density at radius 2 is 1.86 bits per heavy atom. The van der Waals surface area contributed by atoms with Gasteiger partial charge in [0.15, 0.2) is 5.54 Å². The first-order valence-electron chi connectivity index (χ1n) is 13.9. The Labute approximate surface area is 260 Å². The van der Waals surface area contributed by atoms with Crippen molar-refractivity contribution in [2.45, 2.75) is 35.5 Å². The van der Waals surface area contributed by atoms with Gasteiger partial charge in [0.05, 0.1) is 43.1 Å².